The minimum absolute atomic E-state index is 0.107. The fourth-order valence-electron chi connectivity index (χ4n) is 3.56. The molecule has 0 bridgehead atoms. The number of allylic oxidation sites excluding steroid dienone is 1. The van der Waals surface area contributed by atoms with Crippen molar-refractivity contribution < 1.29 is 0 Å². The molecule has 0 radical (unpaired) electrons. The molecule has 1 aromatic carbocycles. The number of hydrogen-bond donors (Lipinski definition) is 0. The molecule has 0 saturated heterocycles. The lowest BCUT2D eigenvalue weighted by atomic mass is 10.1. The summed E-state index contributed by atoms with van der Waals surface area (Å²) in [7, 11) is 2.03. The molecular weight excluding hydrogens is 398 g/mol. The molecule has 0 unspecified atom stereocenters. The molecule has 0 amide bonds. The molecule has 2 rings (SSSR count). The molecule has 0 aliphatic carbocycles. The number of pyridine rings is 1. The first-order chi connectivity index (χ1) is 13.2. The molecular formula is C24H34BrNO. The summed E-state index contributed by atoms with van der Waals surface area (Å²) in [6.45, 7) is 0. The average Bonchev–Trinajstić information content (AvgIpc) is 2.69. The molecule has 0 fully saturated rings. The molecule has 0 aliphatic heterocycles. The van der Waals surface area contributed by atoms with Crippen molar-refractivity contribution in [3.63, 3.8) is 0 Å². The number of nitrogens with zero attached hydrogens (tertiary/aromatic N) is 1. The Hall–Kier alpha value is -1.35. The van der Waals surface area contributed by atoms with Gasteiger partial charge in [-0.1, -0.05) is 85.5 Å². The first-order valence-corrected chi connectivity index (χ1v) is 11.7. The molecule has 0 spiro atoms. The summed E-state index contributed by atoms with van der Waals surface area (Å²) < 4.78 is 2.10. The average molecular weight is 432 g/mol. The van der Waals surface area contributed by atoms with Crippen molar-refractivity contribution in [3.8, 4) is 0 Å². The van der Waals surface area contributed by atoms with Gasteiger partial charge in [0, 0.05) is 29.5 Å². The quantitative estimate of drug-likeness (QED) is 0.242. The third-order valence-electron chi connectivity index (χ3n) is 5.24. The predicted molar refractivity (Wildman–Crippen MR) is 123 cm³/mol. The molecule has 0 aliphatic rings. The third kappa shape index (κ3) is 7.65. The van der Waals surface area contributed by atoms with Crippen LogP contribution >= 0.6 is 15.9 Å². The zero-order valence-electron chi connectivity index (χ0n) is 16.8. The molecule has 0 atom stereocenters. The lowest BCUT2D eigenvalue weighted by molar-refractivity contribution is 0.558. The second kappa shape index (κ2) is 12.9. The molecule has 1 heterocycles. The maximum absolute atomic E-state index is 12.2. The van der Waals surface area contributed by atoms with Gasteiger partial charge in [0.05, 0.1) is 5.52 Å². The second-order valence-electron chi connectivity index (χ2n) is 7.43. The van der Waals surface area contributed by atoms with E-state index >= 15 is 0 Å². The summed E-state index contributed by atoms with van der Waals surface area (Å²) in [6.07, 6.45) is 19.0. The minimum Gasteiger partial charge on any atom is -0.344 e. The largest absolute Gasteiger partial charge is 0.344 e. The number of fused-ring (bicyclic) bond motifs is 1. The molecule has 148 valence electrons. The van der Waals surface area contributed by atoms with Crippen LogP contribution in [-0.2, 0) is 7.05 Å². The molecule has 27 heavy (non-hydrogen) atoms. The van der Waals surface area contributed by atoms with Gasteiger partial charge in [-0.2, -0.15) is 0 Å². The summed E-state index contributed by atoms with van der Waals surface area (Å²) in [6, 6.07) is 9.56. The van der Waals surface area contributed by atoms with Crippen LogP contribution in [0.5, 0.6) is 0 Å². The third-order valence-corrected chi connectivity index (χ3v) is 5.80. The Balaban J connectivity index is 1.62. The van der Waals surface area contributed by atoms with E-state index < -0.39 is 0 Å². The number of para-hydroxylation sites is 1. The van der Waals surface area contributed by atoms with Gasteiger partial charge in [-0.25, -0.2) is 0 Å². The van der Waals surface area contributed by atoms with Gasteiger partial charge < -0.3 is 4.57 Å². The van der Waals surface area contributed by atoms with Crippen molar-refractivity contribution in [2.24, 2.45) is 7.05 Å². The van der Waals surface area contributed by atoms with Crippen LogP contribution in [-0.4, -0.2) is 9.90 Å². The summed E-state index contributed by atoms with van der Waals surface area (Å²) in [5.41, 5.74) is 2.09. The molecule has 0 saturated carbocycles. The first-order valence-electron chi connectivity index (χ1n) is 10.6. The van der Waals surface area contributed by atoms with Gasteiger partial charge in [-0.3, -0.25) is 4.79 Å². The highest BCUT2D eigenvalue weighted by atomic mass is 79.9. The Labute approximate surface area is 172 Å². The molecule has 0 N–H and O–H groups in total. The number of benzene rings is 1. The number of aryl methyl sites for hydroxylation is 1. The molecule has 1 aromatic heterocycles. The number of hydrogen-bond acceptors (Lipinski definition) is 1. The Kier molecular flexibility index (Phi) is 10.5. The van der Waals surface area contributed by atoms with E-state index in [9.17, 15) is 4.79 Å². The van der Waals surface area contributed by atoms with Crippen LogP contribution in [0, 0.1) is 0 Å². The highest BCUT2D eigenvalue weighted by Crippen LogP contribution is 2.14. The van der Waals surface area contributed by atoms with Gasteiger partial charge in [0.2, 0.25) is 0 Å². The number of alkyl halides is 1. The van der Waals surface area contributed by atoms with E-state index in [0.29, 0.717) is 0 Å². The fourth-order valence-corrected chi connectivity index (χ4v) is 3.95. The molecule has 2 nitrogen and oxygen atoms in total. The van der Waals surface area contributed by atoms with Crippen molar-refractivity contribution >= 4 is 32.9 Å². The van der Waals surface area contributed by atoms with Gasteiger partial charge in [0.1, 0.15) is 0 Å². The Morgan fingerprint density at radius 1 is 0.889 bits per heavy atom. The topological polar surface area (TPSA) is 22.0 Å². The van der Waals surface area contributed by atoms with Crippen LogP contribution < -0.4 is 5.43 Å². The molecule has 3 heteroatoms. The van der Waals surface area contributed by atoms with E-state index in [2.05, 4.69) is 32.6 Å². The lowest BCUT2D eigenvalue weighted by Gasteiger charge is -2.09. The zero-order valence-corrected chi connectivity index (χ0v) is 18.3. The lowest BCUT2D eigenvalue weighted by Crippen LogP contribution is -2.08. The Morgan fingerprint density at radius 3 is 2.15 bits per heavy atom. The Bertz CT molecular complexity index is 763. The molecule has 2 aromatic rings. The fraction of sp³-hybridized carbons (Fsp3) is 0.542. The van der Waals surface area contributed by atoms with E-state index in [4.69, 9.17) is 0 Å². The van der Waals surface area contributed by atoms with Gasteiger partial charge >= 0.3 is 0 Å². The summed E-state index contributed by atoms with van der Waals surface area (Å²) in [4.78, 5) is 12.2. The number of aromatic nitrogens is 1. The van der Waals surface area contributed by atoms with Crippen LogP contribution in [0.15, 0.2) is 41.2 Å². The van der Waals surface area contributed by atoms with Crippen LogP contribution in [0.4, 0.5) is 0 Å². The predicted octanol–water partition coefficient (Wildman–Crippen LogP) is 7.24. The van der Waals surface area contributed by atoms with E-state index in [1.807, 2.05) is 31.3 Å². The van der Waals surface area contributed by atoms with Crippen LogP contribution in [0.3, 0.4) is 0 Å². The minimum atomic E-state index is 0.107. The number of rotatable bonds is 13. The summed E-state index contributed by atoms with van der Waals surface area (Å²) in [5, 5.41) is 1.94. The second-order valence-corrected chi connectivity index (χ2v) is 8.22. The maximum Gasteiger partial charge on any atom is 0.190 e. The van der Waals surface area contributed by atoms with E-state index in [1.54, 1.807) is 6.07 Å². The van der Waals surface area contributed by atoms with Crippen LogP contribution in [0.2, 0.25) is 0 Å². The van der Waals surface area contributed by atoms with Crippen molar-refractivity contribution in [3.05, 3.63) is 52.3 Å². The van der Waals surface area contributed by atoms with Crippen molar-refractivity contribution in [2.45, 2.75) is 70.6 Å². The van der Waals surface area contributed by atoms with E-state index in [-0.39, 0.29) is 5.43 Å². The van der Waals surface area contributed by atoms with Crippen molar-refractivity contribution in [2.75, 3.05) is 5.33 Å². The maximum atomic E-state index is 12.2. The number of unbranched alkanes of at least 4 members (excludes halogenated alkanes) is 10. The van der Waals surface area contributed by atoms with Gasteiger partial charge in [-0.05, 0) is 37.5 Å². The zero-order chi connectivity index (χ0) is 19.3. The van der Waals surface area contributed by atoms with Gasteiger partial charge in [0.25, 0.3) is 0 Å². The Morgan fingerprint density at radius 2 is 1.48 bits per heavy atom. The number of halogens is 1. The smallest absolute Gasteiger partial charge is 0.190 e. The monoisotopic (exact) mass is 431 g/mol. The van der Waals surface area contributed by atoms with E-state index in [0.717, 1.165) is 28.3 Å². The van der Waals surface area contributed by atoms with E-state index in [1.165, 1.54) is 64.2 Å². The van der Waals surface area contributed by atoms with Crippen molar-refractivity contribution in [1.29, 1.82) is 0 Å². The van der Waals surface area contributed by atoms with Gasteiger partial charge in [-0.15, -0.1) is 0 Å². The standard InChI is InChI=1S/C24H34BrNO/c1-26-21(20-24(27)22-17-13-14-18-23(22)26)16-12-10-8-6-4-2-3-5-7-9-11-15-19-25/h12-14,16-18,20H,2-11,15,19H2,1H3/b16-12+. The van der Waals surface area contributed by atoms with Crippen LogP contribution in [0.1, 0.15) is 76.3 Å². The SMILES string of the molecule is Cn1c(/C=C/CCCCCCCCCCCCBr)cc(=O)c2ccccc21. The highest BCUT2D eigenvalue weighted by Gasteiger charge is 2.03. The normalized spacial score (nSPS) is 11.6. The highest BCUT2D eigenvalue weighted by molar-refractivity contribution is 9.09. The van der Waals surface area contributed by atoms with Crippen LogP contribution in [0.25, 0.3) is 17.0 Å². The first kappa shape index (κ1) is 21.9. The van der Waals surface area contributed by atoms with Gasteiger partial charge in [0.15, 0.2) is 5.43 Å². The summed E-state index contributed by atoms with van der Waals surface area (Å²) in [5.74, 6) is 0. The van der Waals surface area contributed by atoms with Crippen molar-refractivity contribution in [1.82, 2.24) is 4.57 Å². The summed E-state index contributed by atoms with van der Waals surface area (Å²) >= 11 is 3.49.